The summed E-state index contributed by atoms with van der Waals surface area (Å²) in [5, 5.41) is 0. The Kier molecular flexibility index (Phi) is 3.32. The summed E-state index contributed by atoms with van der Waals surface area (Å²) >= 11 is 0. The van der Waals surface area contributed by atoms with Crippen molar-refractivity contribution in [1.29, 1.82) is 0 Å². The number of anilines is 2. The highest BCUT2D eigenvalue weighted by atomic mass is 15.2. The maximum absolute atomic E-state index is 5.74. The van der Waals surface area contributed by atoms with Crippen LogP contribution >= 0.6 is 0 Å². The van der Waals surface area contributed by atoms with Crippen LogP contribution in [0.1, 0.15) is 38.2 Å². The van der Waals surface area contributed by atoms with Gasteiger partial charge in [-0.2, -0.15) is 0 Å². The van der Waals surface area contributed by atoms with Crippen LogP contribution in [0, 0.1) is 6.92 Å². The number of aryl methyl sites for hydroxylation is 1. The third kappa shape index (κ3) is 2.13. The number of hydrogen-bond donors (Lipinski definition) is 1. The fourth-order valence-corrected chi connectivity index (χ4v) is 2.69. The Morgan fingerprint density at radius 1 is 1.44 bits per heavy atom. The van der Waals surface area contributed by atoms with E-state index in [9.17, 15) is 0 Å². The molecule has 0 atom stereocenters. The summed E-state index contributed by atoms with van der Waals surface area (Å²) < 4.78 is 0. The van der Waals surface area contributed by atoms with Gasteiger partial charge >= 0.3 is 0 Å². The number of nitrogen functional groups attached to an aromatic ring is 1. The van der Waals surface area contributed by atoms with E-state index in [4.69, 9.17) is 5.73 Å². The molecule has 1 heterocycles. The summed E-state index contributed by atoms with van der Waals surface area (Å²) in [7, 11) is 0. The smallest absolute Gasteiger partial charge is 0.131 e. The van der Waals surface area contributed by atoms with Crippen LogP contribution in [0.25, 0.3) is 0 Å². The average molecular weight is 219 g/mol. The van der Waals surface area contributed by atoms with Crippen LogP contribution in [0.4, 0.5) is 11.5 Å². The van der Waals surface area contributed by atoms with Gasteiger partial charge in [0.05, 0.1) is 11.9 Å². The fraction of sp³-hybridized carbons (Fsp3) is 0.615. The average Bonchev–Trinajstić information content (AvgIpc) is 2.75. The first kappa shape index (κ1) is 11.2. The molecule has 1 aromatic rings. The topological polar surface area (TPSA) is 42.2 Å². The number of pyridine rings is 1. The normalized spacial score (nSPS) is 16.6. The second-order valence-electron chi connectivity index (χ2n) is 4.63. The van der Waals surface area contributed by atoms with Gasteiger partial charge in [-0.1, -0.05) is 12.8 Å². The molecule has 0 aromatic carbocycles. The van der Waals surface area contributed by atoms with E-state index < -0.39 is 0 Å². The van der Waals surface area contributed by atoms with E-state index in [2.05, 4.69) is 23.7 Å². The lowest BCUT2D eigenvalue weighted by atomic mass is 10.1. The second-order valence-corrected chi connectivity index (χ2v) is 4.63. The van der Waals surface area contributed by atoms with Gasteiger partial charge in [-0.3, -0.25) is 0 Å². The highest BCUT2D eigenvalue weighted by molar-refractivity contribution is 5.53. The van der Waals surface area contributed by atoms with E-state index in [0.29, 0.717) is 6.04 Å². The van der Waals surface area contributed by atoms with E-state index >= 15 is 0 Å². The van der Waals surface area contributed by atoms with Gasteiger partial charge in [-0.25, -0.2) is 4.98 Å². The van der Waals surface area contributed by atoms with Crippen LogP contribution in [0.2, 0.25) is 0 Å². The number of rotatable bonds is 3. The van der Waals surface area contributed by atoms with Gasteiger partial charge in [0.15, 0.2) is 0 Å². The molecule has 0 unspecified atom stereocenters. The highest BCUT2D eigenvalue weighted by Crippen LogP contribution is 2.29. The Hall–Kier alpha value is -1.25. The standard InChI is InChI=1S/C13H21N3/c1-3-16(12-6-4-5-7-12)13-10(2)8-11(14)9-15-13/h8-9,12H,3-7,14H2,1-2H3. The van der Waals surface area contributed by atoms with E-state index in [1.807, 2.05) is 6.07 Å². The van der Waals surface area contributed by atoms with E-state index in [0.717, 1.165) is 18.1 Å². The van der Waals surface area contributed by atoms with Gasteiger partial charge in [0.1, 0.15) is 5.82 Å². The van der Waals surface area contributed by atoms with Crippen molar-refractivity contribution in [3.8, 4) is 0 Å². The molecule has 0 bridgehead atoms. The van der Waals surface area contributed by atoms with E-state index in [1.165, 1.54) is 31.2 Å². The molecule has 88 valence electrons. The molecule has 1 aliphatic carbocycles. The van der Waals surface area contributed by atoms with Gasteiger partial charge in [0.25, 0.3) is 0 Å². The van der Waals surface area contributed by atoms with Gasteiger partial charge < -0.3 is 10.6 Å². The Morgan fingerprint density at radius 2 is 2.12 bits per heavy atom. The predicted molar refractivity (Wildman–Crippen MR) is 68.7 cm³/mol. The summed E-state index contributed by atoms with van der Waals surface area (Å²) in [6.07, 6.45) is 7.09. The van der Waals surface area contributed by atoms with Crippen LogP contribution in [-0.2, 0) is 0 Å². The first-order chi connectivity index (χ1) is 7.72. The molecule has 1 fully saturated rings. The molecule has 2 rings (SSSR count). The maximum Gasteiger partial charge on any atom is 0.131 e. The first-order valence-corrected chi connectivity index (χ1v) is 6.21. The zero-order valence-corrected chi connectivity index (χ0v) is 10.2. The largest absolute Gasteiger partial charge is 0.397 e. The minimum atomic E-state index is 0.680. The number of aromatic nitrogens is 1. The van der Waals surface area contributed by atoms with Crippen molar-refractivity contribution in [3.05, 3.63) is 17.8 Å². The van der Waals surface area contributed by atoms with Gasteiger partial charge in [0.2, 0.25) is 0 Å². The Balaban J connectivity index is 2.25. The summed E-state index contributed by atoms with van der Waals surface area (Å²) in [5.41, 5.74) is 7.68. The molecule has 0 spiro atoms. The molecule has 3 heteroatoms. The molecule has 0 amide bonds. The summed E-state index contributed by atoms with van der Waals surface area (Å²) in [6, 6.07) is 2.69. The monoisotopic (exact) mass is 219 g/mol. The molecule has 1 aliphatic rings. The summed E-state index contributed by atoms with van der Waals surface area (Å²) in [4.78, 5) is 6.93. The number of nitrogens with zero attached hydrogens (tertiary/aromatic N) is 2. The van der Waals surface area contributed by atoms with Crippen molar-refractivity contribution in [2.24, 2.45) is 0 Å². The van der Waals surface area contributed by atoms with Crippen LogP contribution in [0.3, 0.4) is 0 Å². The van der Waals surface area contributed by atoms with Gasteiger partial charge in [-0.15, -0.1) is 0 Å². The Morgan fingerprint density at radius 3 is 2.69 bits per heavy atom. The van der Waals surface area contributed by atoms with Crippen molar-refractivity contribution in [2.45, 2.75) is 45.6 Å². The molecule has 1 aromatic heterocycles. The van der Waals surface area contributed by atoms with Crippen molar-refractivity contribution in [3.63, 3.8) is 0 Å². The SMILES string of the molecule is CCN(c1ncc(N)cc1C)C1CCCC1. The lowest BCUT2D eigenvalue weighted by Crippen LogP contribution is -2.34. The highest BCUT2D eigenvalue weighted by Gasteiger charge is 2.23. The van der Waals surface area contributed by atoms with Gasteiger partial charge in [0, 0.05) is 12.6 Å². The molecule has 2 N–H and O–H groups in total. The molecular formula is C13H21N3. The minimum absolute atomic E-state index is 0.680. The first-order valence-electron chi connectivity index (χ1n) is 6.21. The van der Waals surface area contributed by atoms with Crippen LogP contribution < -0.4 is 10.6 Å². The third-order valence-electron chi connectivity index (χ3n) is 3.45. The Labute approximate surface area is 97.7 Å². The van der Waals surface area contributed by atoms with Gasteiger partial charge in [-0.05, 0) is 38.3 Å². The van der Waals surface area contributed by atoms with Crippen molar-refractivity contribution >= 4 is 11.5 Å². The second kappa shape index (κ2) is 4.73. The predicted octanol–water partition coefficient (Wildman–Crippen LogP) is 2.74. The molecule has 0 radical (unpaired) electrons. The quantitative estimate of drug-likeness (QED) is 0.850. The maximum atomic E-state index is 5.74. The molecule has 3 nitrogen and oxygen atoms in total. The third-order valence-corrected chi connectivity index (χ3v) is 3.45. The molecule has 1 saturated carbocycles. The van der Waals surface area contributed by atoms with E-state index in [1.54, 1.807) is 6.20 Å². The van der Waals surface area contributed by atoms with Crippen LogP contribution in [0.5, 0.6) is 0 Å². The number of hydrogen-bond acceptors (Lipinski definition) is 3. The zero-order chi connectivity index (χ0) is 11.5. The molecule has 16 heavy (non-hydrogen) atoms. The van der Waals surface area contributed by atoms with Crippen molar-refractivity contribution in [2.75, 3.05) is 17.2 Å². The molecular weight excluding hydrogens is 198 g/mol. The lowest BCUT2D eigenvalue weighted by Gasteiger charge is -2.30. The van der Waals surface area contributed by atoms with E-state index in [-0.39, 0.29) is 0 Å². The lowest BCUT2D eigenvalue weighted by molar-refractivity contribution is 0.611. The molecule has 0 saturated heterocycles. The van der Waals surface area contributed by atoms with Crippen LogP contribution in [0.15, 0.2) is 12.3 Å². The van der Waals surface area contributed by atoms with Crippen molar-refractivity contribution < 1.29 is 0 Å². The molecule has 0 aliphatic heterocycles. The minimum Gasteiger partial charge on any atom is -0.397 e. The van der Waals surface area contributed by atoms with Crippen molar-refractivity contribution in [1.82, 2.24) is 4.98 Å². The number of nitrogens with two attached hydrogens (primary N) is 1. The van der Waals surface area contributed by atoms with Crippen LogP contribution in [-0.4, -0.2) is 17.6 Å². The summed E-state index contributed by atoms with van der Waals surface area (Å²) in [6.45, 7) is 5.33. The fourth-order valence-electron chi connectivity index (χ4n) is 2.69. The Bertz CT molecular complexity index is 356. The summed E-state index contributed by atoms with van der Waals surface area (Å²) in [5.74, 6) is 1.11. The zero-order valence-electron chi connectivity index (χ0n) is 10.2.